The molecule has 0 aromatic heterocycles. The monoisotopic (exact) mass is 245 g/mol. The molecular formula is C13H15N3O2. The summed E-state index contributed by atoms with van der Waals surface area (Å²) in [6.07, 6.45) is 0. The van der Waals surface area contributed by atoms with E-state index in [1.54, 1.807) is 0 Å². The molecule has 1 aromatic rings. The highest BCUT2D eigenvalue weighted by atomic mass is 16.3. The third kappa shape index (κ3) is 2.53. The minimum absolute atomic E-state index is 0.0292. The van der Waals surface area contributed by atoms with Gasteiger partial charge < -0.3 is 10.2 Å². The van der Waals surface area contributed by atoms with Gasteiger partial charge in [0.25, 0.3) is 0 Å². The van der Waals surface area contributed by atoms with Gasteiger partial charge in [0.15, 0.2) is 11.5 Å². The van der Waals surface area contributed by atoms with Crippen LogP contribution in [0.25, 0.3) is 0 Å². The van der Waals surface area contributed by atoms with Gasteiger partial charge in [-0.05, 0) is 13.1 Å². The number of rotatable bonds is 4. The molecule has 5 nitrogen and oxygen atoms in total. The first-order valence-electron chi connectivity index (χ1n) is 5.69. The molecule has 0 aliphatic carbocycles. The Labute approximate surface area is 106 Å². The average Bonchev–Trinajstić information content (AvgIpc) is 2.39. The van der Waals surface area contributed by atoms with Gasteiger partial charge in [-0.3, -0.25) is 4.90 Å². The highest BCUT2D eigenvalue weighted by Crippen LogP contribution is 2.34. The van der Waals surface area contributed by atoms with Crippen LogP contribution in [0.1, 0.15) is 30.5 Å². The molecule has 1 rings (SSSR count). The van der Waals surface area contributed by atoms with Crippen molar-refractivity contribution in [2.45, 2.75) is 20.4 Å². The van der Waals surface area contributed by atoms with Gasteiger partial charge in [0.1, 0.15) is 11.6 Å². The topological polar surface area (TPSA) is 91.3 Å². The minimum Gasteiger partial charge on any atom is -0.504 e. The van der Waals surface area contributed by atoms with Crippen molar-refractivity contribution < 1.29 is 10.2 Å². The normalized spacial score (nSPS) is 10.1. The summed E-state index contributed by atoms with van der Waals surface area (Å²) in [6, 6.07) is 4.98. The smallest absolute Gasteiger partial charge is 0.176 e. The number of phenols is 2. The van der Waals surface area contributed by atoms with Crippen LogP contribution < -0.4 is 0 Å². The van der Waals surface area contributed by atoms with E-state index < -0.39 is 11.5 Å². The van der Waals surface area contributed by atoms with Crippen molar-refractivity contribution in [2.24, 2.45) is 0 Å². The second-order valence-corrected chi connectivity index (χ2v) is 3.83. The molecule has 0 aliphatic heterocycles. The molecule has 0 heterocycles. The fourth-order valence-electron chi connectivity index (χ4n) is 1.75. The first-order chi connectivity index (χ1) is 8.58. The van der Waals surface area contributed by atoms with Crippen molar-refractivity contribution >= 4 is 0 Å². The van der Waals surface area contributed by atoms with Gasteiger partial charge >= 0.3 is 0 Å². The molecule has 18 heavy (non-hydrogen) atoms. The number of hydrogen-bond acceptors (Lipinski definition) is 5. The highest BCUT2D eigenvalue weighted by Gasteiger charge is 2.18. The summed E-state index contributed by atoms with van der Waals surface area (Å²) in [5, 5.41) is 37.2. The van der Waals surface area contributed by atoms with E-state index in [-0.39, 0.29) is 11.1 Å². The minimum atomic E-state index is -0.460. The molecule has 1 aromatic carbocycles. The van der Waals surface area contributed by atoms with Crippen LogP contribution in [0.15, 0.2) is 6.07 Å². The van der Waals surface area contributed by atoms with Gasteiger partial charge in [-0.25, -0.2) is 0 Å². The Balaban J connectivity index is 3.37. The molecule has 0 radical (unpaired) electrons. The summed E-state index contributed by atoms with van der Waals surface area (Å²) >= 11 is 0. The summed E-state index contributed by atoms with van der Waals surface area (Å²) in [5.41, 5.74) is 0.645. The van der Waals surface area contributed by atoms with Crippen molar-refractivity contribution in [3.8, 4) is 23.6 Å². The molecule has 0 unspecified atom stereocenters. The zero-order chi connectivity index (χ0) is 13.7. The van der Waals surface area contributed by atoms with Gasteiger partial charge in [-0.15, -0.1) is 0 Å². The Hall–Kier alpha value is -2.24. The van der Waals surface area contributed by atoms with Crippen molar-refractivity contribution in [3.63, 3.8) is 0 Å². The maximum absolute atomic E-state index is 9.66. The number of benzene rings is 1. The van der Waals surface area contributed by atoms with Crippen molar-refractivity contribution in [3.05, 3.63) is 22.8 Å². The van der Waals surface area contributed by atoms with Crippen LogP contribution in [0.5, 0.6) is 11.5 Å². The summed E-state index contributed by atoms with van der Waals surface area (Å²) in [6.45, 7) is 5.89. The van der Waals surface area contributed by atoms with Gasteiger partial charge in [0.05, 0.1) is 11.6 Å². The molecule has 0 saturated carbocycles. The maximum atomic E-state index is 9.66. The van der Waals surface area contributed by atoms with Crippen LogP contribution in [-0.2, 0) is 6.54 Å². The predicted molar refractivity (Wildman–Crippen MR) is 65.8 cm³/mol. The van der Waals surface area contributed by atoms with E-state index in [4.69, 9.17) is 10.5 Å². The fourth-order valence-corrected chi connectivity index (χ4v) is 1.75. The molecule has 0 saturated heterocycles. The third-order valence-corrected chi connectivity index (χ3v) is 2.90. The van der Waals surface area contributed by atoms with E-state index >= 15 is 0 Å². The van der Waals surface area contributed by atoms with E-state index in [9.17, 15) is 10.2 Å². The molecule has 0 atom stereocenters. The van der Waals surface area contributed by atoms with Crippen LogP contribution in [0.2, 0.25) is 0 Å². The molecule has 0 fully saturated rings. The lowest BCUT2D eigenvalue weighted by Gasteiger charge is -2.20. The van der Waals surface area contributed by atoms with Crippen LogP contribution >= 0.6 is 0 Å². The van der Waals surface area contributed by atoms with Crippen LogP contribution in [0, 0.1) is 22.7 Å². The average molecular weight is 245 g/mol. The van der Waals surface area contributed by atoms with Crippen LogP contribution in [-0.4, -0.2) is 28.2 Å². The number of hydrogen-bond donors (Lipinski definition) is 2. The number of phenolic OH excluding ortho intramolecular Hbond substituents is 2. The summed E-state index contributed by atoms with van der Waals surface area (Å²) in [5.74, 6) is -0.898. The van der Waals surface area contributed by atoms with E-state index in [1.807, 2.05) is 30.9 Å². The van der Waals surface area contributed by atoms with E-state index in [0.29, 0.717) is 12.1 Å². The lowest BCUT2D eigenvalue weighted by atomic mass is 10.00. The molecule has 0 bridgehead atoms. The predicted octanol–water partition coefficient (Wildman–Crippen LogP) is 1.68. The Morgan fingerprint density at radius 3 is 2.22 bits per heavy atom. The first-order valence-corrected chi connectivity index (χ1v) is 5.69. The molecule has 0 amide bonds. The van der Waals surface area contributed by atoms with E-state index in [2.05, 4.69) is 0 Å². The Bertz CT molecular complexity index is 523. The number of nitrogens with zero attached hydrogens (tertiary/aromatic N) is 3. The van der Waals surface area contributed by atoms with Gasteiger partial charge in [-0.2, -0.15) is 10.5 Å². The van der Waals surface area contributed by atoms with Crippen LogP contribution in [0.4, 0.5) is 0 Å². The summed E-state index contributed by atoms with van der Waals surface area (Å²) in [7, 11) is 0. The fraction of sp³-hybridized carbons (Fsp3) is 0.385. The largest absolute Gasteiger partial charge is 0.504 e. The Morgan fingerprint density at radius 1 is 1.17 bits per heavy atom. The third-order valence-electron chi connectivity index (χ3n) is 2.90. The number of nitriles is 2. The zero-order valence-corrected chi connectivity index (χ0v) is 10.4. The molecular weight excluding hydrogens is 230 g/mol. The lowest BCUT2D eigenvalue weighted by Crippen LogP contribution is -2.23. The SMILES string of the molecule is CCN(CC)Cc1c(C#N)cc(O)c(O)c1C#N. The van der Waals surface area contributed by atoms with Crippen molar-refractivity contribution in [2.75, 3.05) is 13.1 Å². The quantitative estimate of drug-likeness (QED) is 0.787. The molecule has 5 heteroatoms. The molecule has 0 spiro atoms. The standard InChI is InChI=1S/C13H15N3O2/c1-3-16(4-2)8-11-9(6-14)5-12(17)13(18)10(11)7-15/h5,17-18H,3-4,8H2,1-2H3. The van der Waals surface area contributed by atoms with Gasteiger partial charge in [-0.1, -0.05) is 13.8 Å². The van der Waals surface area contributed by atoms with E-state index in [1.165, 1.54) is 6.07 Å². The molecule has 94 valence electrons. The highest BCUT2D eigenvalue weighted by molar-refractivity contribution is 5.61. The Kier molecular flexibility index (Phi) is 4.53. The molecule has 2 N–H and O–H groups in total. The zero-order valence-electron chi connectivity index (χ0n) is 10.4. The summed E-state index contributed by atoms with van der Waals surface area (Å²) < 4.78 is 0. The summed E-state index contributed by atoms with van der Waals surface area (Å²) in [4.78, 5) is 2.02. The molecule has 0 aliphatic rings. The van der Waals surface area contributed by atoms with Crippen LogP contribution in [0.3, 0.4) is 0 Å². The van der Waals surface area contributed by atoms with E-state index in [0.717, 1.165) is 13.1 Å². The maximum Gasteiger partial charge on any atom is 0.176 e. The van der Waals surface area contributed by atoms with Crippen molar-refractivity contribution in [1.82, 2.24) is 4.90 Å². The number of aromatic hydroxyl groups is 2. The second kappa shape index (κ2) is 5.90. The lowest BCUT2D eigenvalue weighted by molar-refractivity contribution is 0.294. The van der Waals surface area contributed by atoms with Gasteiger partial charge in [0.2, 0.25) is 0 Å². The van der Waals surface area contributed by atoms with Crippen molar-refractivity contribution in [1.29, 1.82) is 10.5 Å². The first kappa shape index (κ1) is 13.8. The Morgan fingerprint density at radius 2 is 1.78 bits per heavy atom. The second-order valence-electron chi connectivity index (χ2n) is 3.83. The van der Waals surface area contributed by atoms with Gasteiger partial charge in [0, 0.05) is 18.2 Å².